The smallest absolute Gasteiger partial charge is 0.0440 e. The van der Waals surface area contributed by atoms with E-state index in [4.69, 9.17) is 0 Å². The first-order valence-electron chi connectivity index (χ1n) is 12.7. The second-order valence-electron chi connectivity index (χ2n) is 9.64. The maximum absolute atomic E-state index is 4.17. The molecule has 0 saturated carbocycles. The third-order valence-corrected chi connectivity index (χ3v) is 5.61. The zero-order chi connectivity index (χ0) is 25.6. The molecule has 33 heavy (non-hydrogen) atoms. The molecule has 2 rings (SSSR count). The quantitative estimate of drug-likeness (QED) is 0.387. The Hall–Kier alpha value is -2.28. The highest BCUT2D eigenvalue weighted by Crippen LogP contribution is 2.25. The van der Waals surface area contributed by atoms with E-state index >= 15 is 0 Å². The molecule has 0 saturated heterocycles. The predicted molar refractivity (Wildman–Crippen MR) is 153 cm³/mol. The predicted octanol–water partition coefficient (Wildman–Crippen LogP) is 10.2. The van der Waals surface area contributed by atoms with E-state index in [-0.39, 0.29) is 0 Å². The number of benzene rings is 2. The molecule has 1 nitrogen and oxygen atoms in total. The molecule has 2 aromatic rings. The van der Waals surface area contributed by atoms with Gasteiger partial charge < -0.3 is 4.90 Å². The van der Waals surface area contributed by atoms with Gasteiger partial charge in [0.2, 0.25) is 0 Å². The standard InChI is InChI=1S/C15H23N.C11H14.C6H14/c1-6-10-16(14(5)7-2)15-11-12(3)8-9-13(15)4;1-8(2)11-7-9(3)5-6-10(11)4;1-4-5-6(2)3/h8-9,11H,5-7,10H2,1-4H3;5-7H,1H2,2-4H3;6H,4-5H2,1-3H3. The van der Waals surface area contributed by atoms with Crippen LogP contribution in [0.25, 0.3) is 5.57 Å². The maximum Gasteiger partial charge on any atom is 0.0440 e. The minimum atomic E-state index is 0.898. The van der Waals surface area contributed by atoms with Crippen molar-refractivity contribution in [3.05, 3.63) is 83.1 Å². The van der Waals surface area contributed by atoms with Crippen LogP contribution < -0.4 is 4.90 Å². The third kappa shape index (κ3) is 11.9. The van der Waals surface area contributed by atoms with Gasteiger partial charge in [-0.15, -0.1) is 0 Å². The molecule has 0 bridgehead atoms. The van der Waals surface area contributed by atoms with E-state index in [2.05, 4.69) is 117 Å². The Balaban J connectivity index is 0.000000520. The van der Waals surface area contributed by atoms with Crippen LogP contribution in [0.4, 0.5) is 5.69 Å². The molecule has 0 amide bonds. The summed E-state index contributed by atoms with van der Waals surface area (Å²) < 4.78 is 0. The molecule has 0 atom stereocenters. The summed E-state index contributed by atoms with van der Waals surface area (Å²) in [6.07, 6.45) is 4.86. The van der Waals surface area contributed by atoms with Gasteiger partial charge in [0, 0.05) is 17.9 Å². The number of rotatable bonds is 8. The first-order chi connectivity index (χ1) is 15.5. The third-order valence-electron chi connectivity index (χ3n) is 5.61. The monoisotopic (exact) mass is 449 g/mol. The summed E-state index contributed by atoms with van der Waals surface area (Å²) in [6, 6.07) is 13.1. The van der Waals surface area contributed by atoms with Crippen LogP contribution in [0.15, 0.2) is 55.3 Å². The van der Waals surface area contributed by atoms with Crippen LogP contribution in [0.1, 0.15) is 95.0 Å². The van der Waals surface area contributed by atoms with Crippen molar-refractivity contribution in [2.75, 3.05) is 11.4 Å². The van der Waals surface area contributed by atoms with Crippen molar-refractivity contribution < 1.29 is 0 Å². The molecule has 184 valence electrons. The van der Waals surface area contributed by atoms with Crippen LogP contribution in [0, 0.1) is 33.6 Å². The Bertz CT molecular complexity index is 857. The van der Waals surface area contributed by atoms with Crippen LogP contribution in [-0.2, 0) is 0 Å². The van der Waals surface area contributed by atoms with E-state index in [1.807, 2.05) is 6.92 Å². The summed E-state index contributed by atoms with van der Waals surface area (Å²) in [7, 11) is 0. The summed E-state index contributed by atoms with van der Waals surface area (Å²) >= 11 is 0. The van der Waals surface area contributed by atoms with E-state index < -0.39 is 0 Å². The molecule has 0 fully saturated rings. The summed E-state index contributed by atoms with van der Waals surface area (Å²) in [5.41, 5.74) is 10.2. The van der Waals surface area contributed by atoms with Crippen LogP contribution in [0.3, 0.4) is 0 Å². The van der Waals surface area contributed by atoms with Crippen molar-refractivity contribution in [3.63, 3.8) is 0 Å². The zero-order valence-electron chi connectivity index (χ0n) is 23.4. The average Bonchev–Trinajstić information content (AvgIpc) is 2.75. The fourth-order valence-corrected chi connectivity index (χ4v) is 3.65. The van der Waals surface area contributed by atoms with Crippen LogP contribution >= 0.6 is 0 Å². The van der Waals surface area contributed by atoms with Crippen LogP contribution in [0.5, 0.6) is 0 Å². The van der Waals surface area contributed by atoms with E-state index in [1.165, 1.54) is 52.0 Å². The lowest BCUT2D eigenvalue weighted by molar-refractivity contribution is 0.576. The van der Waals surface area contributed by atoms with E-state index in [0.717, 1.165) is 30.9 Å². The topological polar surface area (TPSA) is 3.24 Å². The summed E-state index contributed by atoms with van der Waals surface area (Å²) in [5, 5.41) is 0. The second kappa shape index (κ2) is 16.4. The van der Waals surface area contributed by atoms with E-state index in [1.54, 1.807) is 0 Å². The van der Waals surface area contributed by atoms with Crippen molar-refractivity contribution in [2.45, 2.75) is 94.9 Å². The molecule has 0 spiro atoms. The van der Waals surface area contributed by atoms with Gasteiger partial charge in [0.05, 0.1) is 0 Å². The minimum absolute atomic E-state index is 0.898. The van der Waals surface area contributed by atoms with E-state index in [0.29, 0.717) is 0 Å². The van der Waals surface area contributed by atoms with Crippen LogP contribution in [0.2, 0.25) is 0 Å². The number of nitrogens with zero attached hydrogens (tertiary/aromatic N) is 1. The van der Waals surface area contributed by atoms with E-state index in [9.17, 15) is 0 Å². The summed E-state index contributed by atoms with van der Waals surface area (Å²) in [5.74, 6) is 0.898. The van der Waals surface area contributed by atoms with Crippen molar-refractivity contribution in [1.82, 2.24) is 0 Å². The van der Waals surface area contributed by atoms with Gasteiger partial charge in [0.15, 0.2) is 0 Å². The highest BCUT2D eigenvalue weighted by molar-refractivity contribution is 5.64. The number of aryl methyl sites for hydroxylation is 4. The van der Waals surface area contributed by atoms with Crippen LogP contribution in [-0.4, -0.2) is 6.54 Å². The van der Waals surface area contributed by atoms with Crippen molar-refractivity contribution in [3.8, 4) is 0 Å². The van der Waals surface area contributed by atoms with Gasteiger partial charge in [-0.1, -0.05) is 102 Å². The molecule has 0 heterocycles. The molecule has 0 aliphatic carbocycles. The summed E-state index contributed by atoms with van der Waals surface area (Å²) in [4.78, 5) is 2.35. The molecule has 0 aliphatic heterocycles. The Labute approximate surface area is 206 Å². The van der Waals surface area contributed by atoms with Gasteiger partial charge in [-0.2, -0.15) is 0 Å². The zero-order valence-corrected chi connectivity index (χ0v) is 23.4. The Morgan fingerprint density at radius 1 is 0.818 bits per heavy atom. The average molecular weight is 450 g/mol. The number of allylic oxidation sites excluding steroid dienone is 2. The highest BCUT2D eigenvalue weighted by Gasteiger charge is 2.10. The number of anilines is 1. The SMILES string of the molecule is C=C(C)c1cc(C)ccc1C.C=C(CC)N(CCC)c1cc(C)ccc1C.CCCC(C)C. The minimum Gasteiger partial charge on any atom is -0.346 e. The van der Waals surface area contributed by atoms with Crippen molar-refractivity contribution in [2.24, 2.45) is 5.92 Å². The maximum atomic E-state index is 4.17. The first kappa shape index (κ1) is 30.7. The normalized spacial score (nSPS) is 10.0. The second-order valence-corrected chi connectivity index (χ2v) is 9.64. The Morgan fingerprint density at radius 3 is 1.76 bits per heavy atom. The Kier molecular flexibility index (Phi) is 15.2. The molecule has 2 aromatic carbocycles. The highest BCUT2D eigenvalue weighted by atomic mass is 15.1. The van der Waals surface area contributed by atoms with Gasteiger partial charge in [0.25, 0.3) is 0 Å². The van der Waals surface area contributed by atoms with Gasteiger partial charge in [-0.25, -0.2) is 0 Å². The molecular weight excluding hydrogens is 398 g/mol. The largest absolute Gasteiger partial charge is 0.346 e. The van der Waals surface area contributed by atoms with Gasteiger partial charge in [0.1, 0.15) is 0 Å². The lowest BCUT2D eigenvalue weighted by Gasteiger charge is -2.28. The van der Waals surface area contributed by atoms with Gasteiger partial charge in [-0.3, -0.25) is 0 Å². The fourth-order valence-electron chi connectivity index (χ4n) is 3.65. The number of hydrogen-bond donors (Lipinski definition) is 0. The molecular formula is C32H51N. The Morgan fingerprint density at radius 2 is 1.36 bits per heavy atom. The lowest BCUT2D eigenvalue weighted by atomic mass is 10.0. The molecule has 0 radical (unpaired) electrons. The lowest BCUT2D eigenvalue weighted by Crippen LogP contribution is -2.23. The summed E-state index contributed by atoms with van der Waals surface area (Å²) in [6.45, 7) is 30.8. The van der Waals surface area contributed by atoms with Crippen molar-refractivity contribution in [1.29, 1.82) is 0 Å². The molecule has 0 unspecified atom stereocenters. The van der Waals surface area contributed by atoms with Gasteiger partial charge in [-0.05, 0) is 81.7 Å². The molecule has 0 aromatic heterocycles. The van der Waals surface area contributed by atoms with Crippen molar-refractivity contribution >= 4 is 11.3 Å². The van der Waals surface area contributed by atoms with Gasteiger partial charge >= 0.3 is 0 Å². The molecule has 1 heteroatoms. The number of hydrogen-bond acceptors (Lipinski definition) is 1. The molecule has 0 aliphatic rings. The fraction of sp³-hybridized carbons (Fsp3) is 0.500. The first-order valence-corrected chi connectivity index (χ1v) is 12.7. The molecule has 0 N–H and O–H groups in total.